The first kappa shape index (κ1) is 58.7. The van der Waals surface area contributed by atoms with Gasteiger partial charge in [-0.25, -0.2) is 26.8 Å². The van der Waals surface area contributed by atoms with Crippen molar-refractivity contribution in [2.75, 3.05) is 18.8 Å². The van der Waals surface area contributed by atoms with E-state index in [4.69, 9.17) is 9.05 Å². The number of imidazole rings is 2. The Hall–Kier alpha value is -6.00. The van der Waals surface area contributed by atoms with E-state index < -0.39 is 37.7 Å². The molecule has 18 nitrogen and oxygen atoms in total. The largest absolute Gasteiger partial charge is 0.489 e. The van der Waals surface area contributed by atoms with Crippen LogP contribution in [0.25, 0.3) is 77.3 Å². The molecule has 23 heteroatoms. The molecule has 0 spiro atoms. The van der Waals surface area contributed by atoms with Crippen LogP contribution in [-0.2, 0) is 20.0 Å². The number of benzene rings is 4. The van der Waals surface area contributed by atoms with Crippen molar-refractivity contribution in [2.45, 2.75) is 93.1 Å². The predicted octanol–water partition coefficient (Wildman–Crippen LogP) is 7.44. The number of hydrogen-bond donors (Lipinski definition) is 6. The Morgan fingerprint density at radius 1 is 0.662 bits per heavy atom. The summed E-state index contributed by atoms with van der Waals surface area (Å²) in [4.78, 5) is 26.2. The molecule has 0 saturated carbocycles. The van der Waals surface area contributed by atoms with Gasteiger partial charge in [-0.1, -0.05) is 40.1 Å². The van der Waals surface area contributed by atoms with E-state index in [9.17, 15) is 26.9 Å². The molecule has 4 aromatic carbocycles. The second-order valence-corrected chi connectivity index (χ2v) is 27.0. The Labute approximate surface area is 472 Å². The molecule has 6 aromatic heterocycles. The number of sulfonamides is 2. The number of fused-ring (bicyclic) bond motifs is 4. The fraction of sp³-hybridized carbons (Fsp3) is 0.296. The maximum Gasteiger partial charge on any atom is 0.489 e. The number of aromatic nitrogens is 8. The van der Waals surface area contributed by atoms with E-state index in [0.29, 0.717) is 49.0 Å². The van der Waals surface area contributed by atoms with Gasteiger partial charge in [0.05, 0.1) is 49.5 Å². The summed E-state index contributed by atoms with van der Waals surface area (Å²) in [5.74, 6) is 1.84. The number of H-pyrrole nitrogens is 2. The van der Waals surface area contributed by atoms with Crippen LogP contribution >= 0.6 is 22.6 Å². The van der Waals surface area contributed by atoms with Crippen LogP contribution in [0.4, 0.5) is 11.9 Å². The number of aromatic amines is 2. The van der Waals surface area contributed by atoms with Crippen LogP contribution in [0.5, 0.6) is 0 Å². The van der Waals surface area contributed by atoms with E-state index in [2.05, 4.69) is 90.2 Å². The van der Waals surface area contributed by atoms with Crippen LogP contribution in [-0.4, -0.2) is 94.1 Å². The normalized spacial score (nSPS) is 11.7. The molecule has 10 aromatic rings. The molecular formula is C54H62BI2N10O8S2-. The zero-order valence-corrected chi connectivity index (χ0v) is 50.8. The number of aryl methyl sites for hydroxylation is 6. The van der Waals surface area contributed by atoms with Crippen LogP contribution in [0.3, 0.4) is 0 Å². The molecule has 0 aliphatic rings. The third-order valence-corrected chi connectivity index (χ3v) is 18.9. The molecule has 0 bridgehead atoms. The van der Waals surface area contributed by atoms with Crippen LogP contribution in [0.15, 0.2) is 94.2 Å². The molecule has 0 fully saturated rings. The summed E-state index contributed by atoms with van der Waals surface area (Å²) in [6.45, 7) is 20.1. The van der Waals surface area contributed by atoms with Crippen LogP contribution < -0.4 is 36.1 Å². The number of nitrogens with zero attached hydrogens (tertiary/aromatic N) is 6. The SMILES string of the molecule is CCC[I-]C.Cc1ccc2ncccc2c1-c1cc(-c2c(C)noc2C)cc2[nH]c(NS(=O)(=O)C(C)C)nc12.Cc1ccc2ncccc2c1B(O)O.Cc1noc(C)c1-c1cc(I)c2nc(NS(=O)(=O)C(C)C)[nH]c2c1. The van der Waals surface area contributed by atoms with E-state index in [-0.39, 0.29) is 11.9 Å². The number of alkyl halides is 2. The number of anilines is 2. The van der Waals surface area contributed by atoms with Gasteiger partial charge in [0.15, 0.2) is 0 Å². The minimum absolute atomic E-state index is 0.178. The minimum Gasteiger partial charge on any atom is -0.423 e. The summed E-state index contributed by atoms with van der Waals surface area (Å²) in [6.07, 6.45) is 4.85. The van der Waals surface area contributed by atoms with Gasteiger partial charge in [-0.3, -0.25) is 19.4 Å². The summed E-state index contributed by atoms with van der Waals surface area (Å²) in [6, 6.07) is 23.2. The predicted molar refractivity (Wildman–Crippen MR) is 313 cm³/mol. The molecular weight excluding hydrogens is 1250 g/mol. The van der Waals surface area contributed by atoms with Crippen molar-refractivity contribution in [2.24, 2.45) is 0 Å². The summed E-state index contributed by atoms with van der Waals surface area (Å²) in [5, 5.41) is 27.2. The Morgan fingerprint density at radius 2 is 1.14 bits per heavy atom. The molecule has 77 heavy (non-hydrogen) atoms. The van der Waals surface area contributed by atoms with Crippen LogP contribution in [0.2, 0.25) is 0 Å². The average Bonchev–Trinajstić information content (AvgIpc) is 4.20. The van der Waals surface area contributed by atoms with Crippen molar-refractivity contribution in [3.63, 3.8) is 0 Å². The van der Waals surface area contributed by atoms with Gasteiger partial charge >= 0.3 is 51.0 Å². The Bertz CT molecular complexity index is 3930. The van der Waals surface area contributed by atoms with Gasteiger partial charge in [0.2, 0.25) is 31.9 Å². The van der Waals surface area contributed by atoms with Crippen LogP contribution in [0, 0.1) is 45.1 Å². The van der Waals surface area contributed by atoms with Crippen molar-refractivity contribution in [3.8, 4) is 33.4 Å². The van der Waals surface area contributed by atoms with E-state index in [1.807, 2.05) is 102 Å². The molecule has 0 saturated heterocycles. The third-order valence-electron chi connectivity index (χ3n) is 12.4. The zero-order valence-electron chi connectivity index (χ0n) is 44.8. The second-order valence-electron chi connectivity index (χ2n) is 18.8. The van der Waals surface area contributed by atoms with Crippen LogP contribution in [0.1, 0.15) is 75.1 Å². The Balaban J connectivity index is 0.000000173. The summed E-state index contributed by atoms with van der Waals surface area (Å²) >= 11 is 2.79. The second kappa shape index (κ2) is 24.8. The van der Waals surface area contributed by atoms with Crippen molar-refractivity contribution >= 4 is 111 Å². The first-order valence-electron chi connectivity index (χ1n) is 24.6. The van der Waals surface area contributed by atoms with Crippen molar-refractivity contribution < 1.29 is 57.1 Å². The summed E-state index contributed by atoms with van der Waals surface area (Å²) in [5.41, 5.74) is 14.1. The van der Waals surface area contributed by atoms with Crippen molar-refractivity contribution in [3.05, 3.63) is 123 Å². The minimum atomic E-state index is -3.56. The van der Waals surface area contributed by atoms with Crippen molar-refractivity contribution in [1.82, 2.24) is 40.2 Å². The van der Waals surface area contributed by atoms with E-state index >= 15 is 0 Å². The third kappa shape index (κ3) is 13.3. The van der Waals surface area contributed by atoms with E-state index in [1.54, 1.807) is 46.2 Å². The quantitative estimate of drug-likeness (QED) is 0.0395. The van der Waals surface area contributed by atoms with Gasteiger partial charge in [-0.05, 0) is 168 Å². The molecule has 0 aliphatic carbocycles. The number of nitrogens with one attached hydrogen (secondary N) is 4. The molecule has 406 valence electrons. The molecule has 0 atom stereocenters. The monoisotopic (exact) mass is 1310 g/mol. The molecule has 0 radical (unpaired) electrons. The maximum atomic E-state index is 12.5. The number of hydrogen-bond acceptors (Lipinski definition) is 14. The van der Waals surface area contributed by atoms with Gasteiger partial charge in [0, 0.05) is 43.4 Å². The van der Waals surface area contributed by atoms with Crippen molar-refractivity contribution in [1.29, 1.82) is 0 Å². The summed E-state index contributed by atoms with van der Waals surface area (Å²) < 4.78 is 67.1. The molecule has 6 heterocycles. The van der Waals surface area contributed by atoms with E-state index in [1.165, 1.54) is 10.8 Å². The molecule has 0 amide bonds. The Kier molecular flexibility index (Phi) is 18.9. The number of halogens is 2. The topological polar surface area (TPSA) is 268 Å². The van der Waals surface area contributed by atoms with Gasteiger partial charge in [0.1, 0.15) is 17.0 Å². The Morgan fingerprint density at radius 3 is 1.61 bits per heavy atom. The smallest absolute Gasteiger partial charge is 0.423 e. The first-order chi connectivity index (χ1) is 36.5. The van der Waals surface area contributed by atoms with Gasteiger partial charge in [-0.2, -0.15) is 0 Å². The fourth-order valence-electron chi connectivity index (χ4n) is 8.50. The van der Waals surface area contributed by atoms with Gasteiger partial charge in [-0.15, -0.1) is 0 Å². The molecule has 0 aliphatic heterocycles. The average molecular weight is 1310 g/mol. The maximum absolute atomic E-state index is 12.5. The standard InChI is InChI=1S/C25H25N5O3S.C15H17IN4O3S.C10H10BNO2.C4H10I/c1-13(2)34(31,32)30-25-27-21-12-17(23-15(4)29-33-16(23)5)11-19(24(21)28-25)22-14(3)8-9-20-18(22)7-6-10-26-20;1-7(2)24(21,22)20-15-17-12-6-10(5-11(16)14(12)18-15)13-8(3)19-23-9(13)4;1-7-4-5-9-8(3-2-6-12-9)10(7)11(13)14;1-3-4-5-2/h6-13H,1-5H3,(H2,27,28,30);5-7H,1-4H3,(H2,17,18,20);2-6,13-14H,1H3;3-4H2,1-2H3/q;;;-1. The van der Waals surface area contributed by atoms with E-state index in [0.717, 1.165) is 92.5 Å². The van der Waals surface area contributed by atoms with Gasteiger partial charge in [0.25, 0.3) is 0 Å². The molecule has 10 rings (SSSR count). The molecule has 0 unspecified atom stereocenters. The summed E-state index contributed by atoms with van der Waals surface area (Å²) in [7, 11) is -8.46. The number of pyridine rings is 2. The fourth-order valence-corrected chi connectivity index (χ4v) is 11.5. The zero-order chi connectivity index (χ0) is 56.1. The first-order valence-corrected chi connectivity index (χ1v) is 32.4. The molecule has 6 N–H and O–H groups in total. The van der Waals surface area contributed by atoms with Gasteiger partial charge < -0.3 is 29.1 Å². The number of rotatable bonds is 12.